The predicted molar refractivity (Wildman–Crippen MR) is 68.6 cm³/mol. The zero-order valence-electron chi connectivity index (χ0n) is 10.9. The number of aryl methyl sites for hydroxylation is 2. The number of carbonyl (C=O) groups excluding carboxylic acids is 1. The maximum atomic E-state index is 11.2. The molecular weight excluding hydrogens is 214 g/mol. The first kappa shape index (κ1) is 12.1. The molecule has 0 radical (unpaired) electrons. The topological polar surface area (TPSA) is 38.1 Å². The van der Waals surface area contributed by atoms with Crippen molar-refractivity contribution < 1.29 is 4.79 Å². The van der Waals surface area contributed by atoms with Crippen LogP contribution in [0.4, 0.5) is 5.82 Å². The molecule has 17 heavy (non-hydrogen) atoms. The van der Waals surface area contributed by atoms with Crippen LogP contribution < -0.4 is 4.90 Å². The van der Waals surface area contributed by atoms with E-state index in [0.29, 0.717) is 6.04 Å². The van der Waals surface area contributed by atoms with Crippen LogP contribution in [0.25, 0.3) is 0 Å². The number of aldehydes is 1. The average molecular weight is 235 g/mol. The monoisotopic (exact) mass is 235 g/mol. The summed E-state index contributed by atoms with van der Waals surface area (Å²) in [5.74, 6) is 0.993. The molecule has 0 aromatic carbocycles. The van der Waals surface area contributed by atoms with Crippen LogP contribution in [-0.2, 0) is 7.05 Å². The summed E-state index contributed by atoms with van der Waals surface area (Å²) in [5, 5.41) is 4.37. The summed E-state index contributed by atoms with van der Waals surface area (Å²) in [6.07, 6.45) is 6.00. The van der Waals surface area contributed by atoms with Gasteiger partial charge in [0.25, 0.3) is 0 Å². The van der Waals surface area contributed by atoms with Gasteiger partial charge in [0.05, 0.1) is 11.3 Å². The molecule has 1 fully saturated rings. The van der Waals surface area contributed by atoms with Crippen molar-refractivity contribution in [2.45, 2.75) is 45.6 Å². The summed E-state index contributed by atoms with van der Waals surface area (Å²) in [7, 11) is 1.92. The number of anilines is 1. The van der Waals surface area contributed by atoms with Crippen LogP contribution in [0.5, 0.6) is 0 Å². The first-order valence-electron chi connectivity index (χ1n) is 6.44. The molecule has 1 saturated carbocycles. The van der Waals surface area contributed by atoms with Crippen molar-refractivity contribution in [3.63, 3.8) is 0 Å². The van der Waals surface area contributed by atoms with E-state index in [9.17, 15) is 4.79 Å². The van der Waals surface area contributed by atoms with Gasteiger partial charge in [0.15, 0.2) is 6.29 Å². The van der Waals surface area contributed by atoms with E-state index >= 15 is 0 Å². The maximum absolute atomic E-state index is 11.2. The Morgan fingerprint density at radius 3 is 2.65 bits per heavy atom. The fraction of sp³-hybridized carbons (Fsp3) is 0.692. The summed E-state index contributed by atoms with van der Waals surface area (Å²) < 4.78 is 1.85. The van der Waals surface area contributed by atoms with Gasteiger partial charge in [-0.1, -0.05) is 12.8 Å². The van der Waals surface area contributed by atoms with Gasteiger partial charge < -0.3 is 4.90 Å². The Bertz CT molecular complexity index is 405. The van der Waals surface area contributed by atoms with Crippen LogP contribution >= 0.6 is 0 Å². The molecular formula is C13H21N3O. The zero-order chi connectivity index (χ0) is 12.4. The van der Waals surface area contributed by atoms with E-state index in [1.807, 2.05) is 18.7 Å². The zero-order valence-corrected chi connectivity index (χ0v) is 10.9. The van der Waals surface area contributed by atoms with Crippen molar-refractivity contribution in [2.75, 3.05) is 11.4 Å². The number of aromatic nitrogens is 2. The molecule has 1 aliphatic carbocycles. The van der Waals surface area contributed by atoms with Gasteiger partial charge in [-0.15, -0.1) is 0 Å². The number of carbonyl (C=O) groups is 1. The van der Waals surface area contributed by atoms with Crippen molar-refractivity contribution in [3.05, 3.63) is 11.3 Å². The van der Waals surface area contributed by atoms with E-state index in [2.05, 4.69) is 16.9 Å². The maximum Gasteiger partial charge on any atom is 0.155 e. The normalized spacial score (nSPS) is 16.4. The number of hydrogen-bond acceptors (Lipinski definition) is 3. The van der Waals surface area contributed by atoms with E-state index in [0.717, 1.165) is 29.9 Å². The fourth-order valence-corrected chi connectivity index (χ4v) is 2.94. The van der Waals surface area contributed by atoms with E-state index in [1.165, 1.54) is 25.7 Å². The standard InChI is InChI=1S/C13H21N3O/c1-4-16(11-7-5-6-8-11)13-12(9-17)10(2)14-15(13)3/h9,11H,4-8H2,1-3H3. The number of rotatable bonds is 4. The Balaban J connectivity index is 2.38. The van der Waals surface area contributed by atoms with Crippen LogP contribution in [0.15, 0.2) is 0 Å². The Kier molecular flexibility index (Phi) is 3.50. The third-order valence-electron chi connectivity index (χ3n) is 3.73. The molecule has 0 amide bonds. The smallest absolute Gasteiger partial charge is 0.155 e. The summed E-state index contributed by atoms with van der Waals surface area (Å²) in [5.41, 5.74) is 1.58. The Hall–Kier alpha value is -1.32. The second kappa shape index (κ2) is 4.90. The third-order valence-corrected chi connectivity index (χ3v) is 3.73. The molecule has 0 unspecified atom stereocenters. The van der Waals surface area contributed by atoms with Crippen LogP contribution in [0, 0.1) is 6.92 Å². The highest BCUT2D eigenvalue weighted by Crippen LogP contribution is 2.30. The molecule has 94 valence electrons. The van der Waals surface area contributed by atoms with E-state index < -0.39 is 0 Å². The van der Waals surface area contributed by atoms with Crippen LogP contribution in [0.1, 0.15) is 48.7 Å². The van der Waals surface area contributed by atoms with Gasteiger partial charge in [0.2, 0.25) is 0 Å². The minimum atomic E-state index is 0.577. The number of nitrogens with zero attached hydrogens (tertiary/aromatic N) is 3. The Labute approximate surface area is 103 Å². The van der Waals surface area contributed by atoms with Crippen molar-refractivity contribution in [2.24, 2.45) is 7.05 Å². The van der Waals surface area contributed by atoms with Gasteiger partial charge in [0, 0.05) is 19.6 Å². The highest BCUT2D eigenvalue weighted by Gasteiger charge is 2.26. The molecule has 0 N–H and O–H groups in total. The van der Waals surface area contributed by atoms with E-state index in [4.69, 9.17) is 0 Å². The largest absolute Gasteiger partial charge is 0.354 e. The molecule has 4 nitrogen and oxygen atoms in total. The lowest BCUT2D eigenvalue weighted by atomic mass is 10.1. The van der Waals surface area contributed by atoms with Crippen molar-refractivity contribution in [1.82, 2.24) is 9.78 Å². The van der Waals surface area contributed by atoms with Crippen molar-refractivity contribution in [3.8, 4) is 0 Å². The second-order valence-electron chi connectivity index (χ2n) is 4.79. The average Bonchev–Trinajstić information content (AvgIpc) is 2.90. The summed E-state index contributed by atoms with van der Waals surface area (Å²) in [4.78, 5) is 13.6. The lowest BCUT2D eigenvalue weighted by Gasteiger charge is -2.30. The summed E-state index contributed by atoms with van der Waals surface area (Å²) >= 11 is 0. The molecule has 1 heterocycles. The molecule has 4 heteroatoms. The first-order valence-corrected chi connectivity index (χ1v) is 6.44. The van der Waals surface area contributed by atoms with Gasteiger partial charge in [-0.05, 0) is 26.7 Å². The lowest BCUT2D eigenvalue weighted by molar-refractivity contribution is 0.112. The van der Waals surface area contributed by atoms with Crippen molar-refractivity contribution >= 4 is 12.1 Å². The van der Waals surface area contributed by atoms with Gasteiger partial charge in [0.1, 0.15) is 5.82 Å². The molecule has 0 atom stereocenters. The number of hydrogen-bond donors (Lipinski definition) is 0. The molecule has 0 bridgehead atoms. The van der Waals surface area contributed by atoms with Crippen LogP contribution in [0.3, 0.4) is 0 Å². The van der Waals surface area contributed by atoms with Crippen LogP contribution in [0.2, 0.25) is 0 Å². The lowest BCUT2D eigenvalue weighted by Crippen LogP contribution is -2.35. The van der Waals surface area contributed by atoms with Crippen molar-refractivity contribution in [1.29, 1.82) is 0 Å². The SMILES string of the molecule is CCN(c1c(C=O)c(C)nn1C)C1CCCC1. The molecule has 1 aromatic heterocycles. The van der Waals surface area contributed by atoms with Gasteiger partial charge in [-0.3, -0.25) is 9.48 Å². The van der Waals surface area contributed by atoms with Gasteiger partial charge >= 0.3 is 0 Å². The molecule has 0 saturated heterocycles. The fourth-order valence-electron chi connectivity index (χ4n) is 2.94. The van der Waals surface area contributed by atoms with E-state index in [-0.39, 0.29) is 0 Å². The summed E-state index contributed by atoms with van der Waals surface area (Å²) in [6, 6.07) is 0.577. The minimum absolute atomic E-state index is 0.577. The predicted octanol–water partition coefficient (Wildman–Crippen LogP) is 2.31. The molecule has 0 spiro atoms. The third kappa shape index (κ3) is 2.08. The minimum Gasteiger partial charge on any atom is -0.354 e. The Morgan fingerprint density at radius 1 is 1.47 bits per heavy atom. The molecule has 0 aliphatic heterocycles. The van der Waals surface area contributed by atoms with E-state index in [1.54, 1.807) is 0 Å². The highest BCUT2D eigenvalue weighted by molar-refractivity contribution is 5.84. The first-order chi connectivity index (χ1) is 8.19. The molecule has 1 aromatic rings. The summed E-state index contributed by atoms with van der Waals surface area (Å²) in [6.45, 7) is 4.98. The Morgan fingerprint density at radius 2 is 2.12 bits per heavy atom. The molecule has 1 aliphatic rings. The van der Waals surface area contributed by atoms with Gasteiger partial charge in [-0.25, -0.2) is 0 Å². The highest BCUT2D eigenvalue weighted by atomic mass is 16.1. The van der Waals surface area contributed by atoms with Gasteiger partial charge in [-0.2, -0.15) is 5.10 Å². The van der Waals surface area contributed by atoms with Crippen LogP contribution in [-0.4, -0.2) is 28.7 Å². The quantitative estimate of drug-likeness (QED) is 0.752. The molecule has 2 rings (SSSR count). The second-order valence-corrected chi connectivity index (χ2v) is 4.79.